The lowest BCUT2D eigenvalue weighted by Gasteiger charge is -2.36. The first kappa shape index (κ1) is 31.6. The van der Waals surface area contributed by atoms with E-state index in [0.29, 0.717) is 12.8 Å². The summed E-state index contributed by atoms with van der Waals surface area (Å²) < 4.78 is 77.4. The number of halogens is 5. The number of nitrogens with zero attached hydrogens (tertiary/aromatic N) is 2. The van der Waals surface area contributed by atoms with Gasteiger partial charge in [-0.2, -0.15) is 13.2 Å². The molecule has 1 saturated carbocycles. The third kappa shape index (κ3) is 7.41. The summed E-state index contributed by atoms with van der Waals surface area (Å²) in [7, 11) is 3.93. The lowest BCUT2D eigenvalue weighted by atomic mass is 9.87. The Balaban J connectivity index is 2.16. The number of rotatable bonds is 11. The molecule has 0 radical (unpaired) electrons. The molecule has 1 aliphatic carbocycles. The predicted octanol–water partition coefficient (Wildman–Crippen LogP) is 6.13. The van der Waals surface area contributed by atoms with E-state index in [0.717, 1.165) is 50.8 Å². The van der Waals surface area contributed by atoms with E-state index in [-0.39, 0.29) is 47.7 Å². The van der Waals surface area contributed by atoms with Crippen LogP contribution in [-0.2, 0) is 31.1 Å². The van der Waals surface area contributed by atoms with E-state index >= 15 is 4.39 Å². The average molecular weight is 591 g/mol. The second-order valence-electron chi connectivity index (χ2n) is 9.33. The van der Waals surface area contributed by atoms with Gasteiger partial charge >= 0.3 is 12.1 Å². The van der Waals surface area contributed by atoms with Crippen molar-refractivity contribution in [3.8, 4) is 11.6 Å². The van der Waals surface area contributed by atoms with E-state index in [1.165, 1.54) is 19.1 Å². The Morgan fingerprint density at radius 3 is 2.27 bits per heavy atom. The van der Waals surface area contributed by atoms with Gasteiger partial charge < -0.3 is 23.8 Å². The van der Waals surface area contributed by atoms with Gasteiger partial charge in [-0.25, -0.2) is 14.2 Å². The summed E-state index contributed by atoms with van der Waals surface area (Å²) in [6.07, 6.45) is 0.0691. The molecule has 1 fully saturated rings. The third-order valence-corrected chi connectivity index (χ3v) is 6.87. The Morgan fingerprint density at radius 2 is 1.73 bits per heavy atom. The highest BCUT2D eigenvalue weighted by Crippen LogP contribution is 2.40. The lowest BCUT2D eigenvalue weighted by Crippen LogP contribution is -2.49. The number of benzene rings is 1. The summed E-state index contributed by atoms with van der Waals surface area (Å²) in [5.41, 5.74) is -1.64. The van der Waals surface area contributed by atoms with Gasteiger partial charge in [0.2, 0.25) is 11.8 Å². The number of aromatic nitrogens is 1. The van der Waals surface area contributed by atoms with E-state index in [1.54, 1.807) is 0 Å². The molecule has 0 aliphatic heterocycles. The Kier molecular flexibility index (Phi) is 11.1. The smallest absolute Gasteiger partial charge is 0.421 e. The van der Waals surface area contributed by atoms with Crippen LogP contribution in [0.25, 0.3) is 0 Å². The van der Waals surface area contributed by atoms with E-state index in [4.69, 9.17) is 30.5 Å². The third-order valence-electron chi connectivity index (χ3n) is 6.56. The number of amides is 1. The molecule has 0 N–H and O–H groups in total. The van der Waals surface area contributed by atoms with Crippen molar-refractivity contribution in [1.29, 1.82) is 0 Å². The van der Waals surface area contributed by atoms with Crippen LogP contribution in [0.3, 0.4) is 0 Å². The Morgan fingerprint density at radius 1 is 1.07 bits per heavy atom. The number of alkyl halides is 4. The van der Waals surface area contributed by atoms with Gasteiger partial charge in [0.25, 0.3) is 0 Å². The van der Waals surface area contributed by atoms with Gasteiger partial charge in [-0.15, -0.1) is 11.6 Å². The van der Waals surface area contributed by atoms with Crippen molar-refractivity contribution >= 4 is 29.2 Å². The zero-order valence-corrected chi connectivity index (χ0v) is 23.1. The minimum absolute atomic E-state index is 0.00142. The largest absolute Gasteiger partial charge is 0.465 e. The fourth-order valence-corrected chi connectivity index (χ4v) is 4.82. The van der Waals surface area contributed by atoms with Gasteiger partial charge in [-0.1, -0.05) is 19.3 Å². The zero-order valence-electron chi connectivity index (χ0n) is 22.4. The van der Waals surface area contributed by atoms with Gasteiger partial charge in [0.15, 0.2) is 11.6 Å². The van der Waals surface area contributed by atoms with Crippen LogP contribution < -0.4 is 9.64 Å². The van der Waals surface area contributed by atoms with Crippen molar-refractivity contribution in [1.82, 2.24) is 4.98 Å². The Bertz CT molecular complexity index is 1180. The van der Waals surface area contributed by atoms with E-state index in [2.05, 4.69) is 4.98 Å². The molecule has 1 aliphatic rings. The molecule has 1 aromatic heterocycles. The van der Waals surface area contributed by atoms with Crippen LogP contribution in [0.5, 0.6) is 11.6 Å². The molecule has 1 heterocycles. The summed E-state index contributed by atoms with van der Waals surface area (Å²) in [5, 5.41) is 0. The SMILES string of the molecule is COCC(COC)N(C(=O)C1CCCCC1)c1cc(F)c(Oc2ncc(CCl)cc2C(F)(F)F)cc1C(=O)OC. The molecule has 1 aromatic carbocycles. The molecule has 8 nitrogen and oxygen atoms in total. The van der Waals surface area contributed by atoms with Gasteiger partial charge in [-0.05, 0) is 24.5 Å². The maximum atomic E-state index is 15.6. The maximum absolute atomic E-state index is 15.6. The fourth-order valence-electron chi connectivity index (χ4n) is 4.67. The van der Waals surface area contributed by atoms with E-state index < -0.39 is 41.2 Å². The van der Waals surface area contributed by atoms with Crippen molar-refractivity contribution < 1.29 is 46.1 Å². The summed E-state index contributed by atoms with van der Waals surface area (Å²) in [6.45, 7) is -0.00285. The molecule has 3 rings (SSSR count). The second-order valence-corrected chi connectivity index (χ2v) is 9.60. The minimum atomic E-state index is -4.89. The summed E-state index contributed by atoms with van der Waals surface area (Å²) in [4.78, 5) is 31.6. The van der Waals surface area contributed by atoms with Crippen molar-refractivity contribution in [2.24, 2.45) is 5.92 Å². The van der Waals surface area contributed by atoms with Crippen LogP contribution in [0.1, 0.15) is 53.6 Å². The fraction of sp³-hybridized carbons (Fsp3) is 0.519. The molecular weight excluding hydrogens is 560 g/mol. The highest BCUT2D eigenvalue weighted by Gasteiger charge is 2.38. The van der Waals surface area contributed by atoms with Crippen LogP contribution in [-0.4, -0.2) is 57.4 Å². The molecule has 0 bridgehead atoms. The Hall–Kier alpha value is -2.96. The molecule has 2 aromatic rings. The maximum Gasteiger partial charge on any atom is 0.421 e. The number of esters is 1. The quantitative estimate of drug-likeness (QED) is 0.177. The molecule has 0 spiro atoms. The molecule has 13 heteroatoms. The van der Waals surface area contributed by atoms with Crippen molar-refractivity contribution in [3.05, 3.63) is 46.9 Å². The van der Waals surface area contributed by atoms with Crippen LogP contribution in [0, 0.1) is 11.7 Å². The summed E-state index contributed by atoms with van der Waals surface area (Å²) >= 11 is 5.65. The topological polar surface area (TPSA) is 87.2 Å². The molecule has 220 valence electrons. The van der Waals surface area contributed by atoms with Crippen molar-refractivity contribution in [2.45, 2.75) is 50.2 Å². The normalized spacial score (nSPS) is 14.3. The van der Waals surface area contributed by atoms with Gasteiger partial charge in [0.05, 0.1) is 37.6 Å². The first-order valence-electron chi connectivity index (χ1n) is 12.6. The minimum Gasteiger partial charge on any atom is -0.465 e. The summed E-state index contributed by atoms with van der Waals surface area (Å²) in [5.74, 6) is -4.72. The number of methoxy groups -OCH3 is 3. The number of pyridine rings is 1. The monoisotopic (exact) mass is 590 g/mol. The first-order valence-corrected chi connectivity index (χ1v) is 13.1. The number of ether oxygens (including phenoxy) is 4. The number of hydrogen-bond donors (Lipinski definition) is 0. The van der Waals surface area contributed by atoms with Gasteiger partial charge in [0, 0.05) is 44.3 Å². The molecular formula is C27H31ClF4N2O6. The molecule has 0 atom stereocenters. The Labute approximate surface area is 234 Å². The summed E-state index contributed by atoms with van der Waals surface area (Å²) in [6, 6.07) is 1.75. The van der Waals surface area contributed by atoms with Gasteiger partial charge in [0.1, 0.15) is 5.56 Å². The molecule has 0 unspecified atom stereocenters. The highest BCUT2D eigenvalue weighted by molar-refractivity contribution is 6.17. The number of anilines is 1. The predicted molar refractivity (Wildman–Crippen MR) is 138 cm³/mol. The van der Waals surface area contributed by atoms with Crippen LogP contribution in [0.15, 0.2) is 24.4 Å². The average Bonchev–Trinajstić information content (AvgIpc) is 2.94. The van der Waals surface area contributed by atoms with Gasteiger partial charge in [-0.3, -0.25) is 4.79 Å². The van der Waals surface area contributed by atoms with Crippen LogP contribution >= 0.6 is 11.6 Å². The van der Waals surface area contributed by atoms with Crippen LogP contribution in [0.2, 0.25) is 0 Å². The lowest BCUT2D eigenvalue weighted by molar-refractivity contribution is -0.139. The first-order chi connectivity index (χ1) is 19.0. The highest BCUT2D eigenvalue weighted by atomic mass is 35.5. The number of hydrogen-bond acceptors (Lipinski definition) is 7. The van der Waals surface area contributed by atoms with E-state index in [1.807, 2.05) is 0 Å². The second kappa shape index (κ2) is 14.1. The molecule has 40 heavy (non-hydrogen) atoms. The van der Waals surface area contributed by atoms with E-state index in [9.17, 15) is 22.8 Å². The number of carbonyl (C=O) groups is 2. The van der Waals surface area contributed by atoms with Crippen molar-refractivity contribution in [3.63, 3.8) is 0 Å². The number of carbonyl (C=O) groups excluding carboxylic acids is 2. The molecule has 0 saturated heterocycles. The van der Waals surface area contributed by atoms with Crippen molar-refractivity contribution in [2.75, 3.05) is 39.4 Å². The van der Waals surface area contributed by atoms with Crippen LogP contribution in [0.4, 0.5) is 23.2 Å². The molecule has 1 amide bonds. The zero-order chi connectivity index (χ0) is 29.4. The standard InChI is InChI=1S/C27H31ClF4N2O6/c1-37-14-18(15-38-2)34(25(35)17-7-5-4-6-8-17)22-11-21(29)23(10-19(22)26(36)39-3)40-24-20(27(30,31)32)9-16(12-28)13-33-24/h9-11,13,17-18H,4-8,12,14-15H2,1-3H3.